The van der Waals surface area contributed by atoms with Crippen molar-refractivity contribution in [3.8, 4) is 0 Å². The van der Waals surface area contributed by atoms with Gasteiger partial charge in [0.15, 0.2) is 0 Å². The lowest BCUT2D eigenvalue weighted by atomic mass is 10.1. The molecule has 1 amide bonds. The Bertz CT molecular complexity index is 851. The molecule has 130 valence electrons. The molecule has 0 radical (unpaired) electrons. The molecule has 1 aromatic carbocycles. The number of nitrogens with zero attached hydrogens (tertiary/aromatic N) is 2. The molecule has 2 aromatic heterocycles. The van der Waals surface area contributed by atoms with E-state index in [-0.39, 0.29) is 5.91 Å². The number of benzene rings is 1. The number of nitrogens with one attached hydrogen (secondary N) is 1. The fourth-order valence-electron chi connectivity index (χ4n) is 3.31. The largest absolute Gasteiger partial charge is 0.386 e. The van der Waals surface area contributed by atoms with Crippen LogP contribution in [0, 0.1) is 0 Å². The minimum atomic E-state index is -0.447. The topological polar surface area (TPSA) is 59.6 Å². The lowest BCUT2D eigenvalue weighted by Crippen LogP contribution is -2.49. The van der Waals surface area contributed by atoms with Gasteiger partial charge in [-0.15, -0.1) is 11.3 Å². The summed E-state index contributed by atoms with van der Waals surface area (Å²) in [5.74, 6) is 0.0787. The summed E-state index contributed by atoms with van der Waals surface area (Å²) in [4.78, 5) is 21.0. The van der Waals surface area contributed by atoms with Crippen LogP contribution >= 0.6 is 11.3 Å². The number of thiophene rings is 1. The van der Waals surface area contributed by atoms with Gasteiger partial charge in [0.25, 0.3) is 5.91 Å². The molecule has 1 unspecified atom stereocenters. The van der Waals surface area contributed by atoms with Crippen LogP contribution in [0.4, 0.5) is 0 Å². The zero-order chi connectivity index (χ0) is 17.2. The Kier molecular flexibility index (Phi) is 4.57. The third-order valence-corrected chi connectivity index (χ3v) is 5.74. The Balaban J connectivity index is 1.35. The van der Waals surface area contributed by atoms with Crippen LogP contribution in [0.1, 0.15) is 21.3 Å². The van der Waals surface area contributed by atoms with E-state index in [0.29, 0.717) is 19.6 Å². The predicted octanol–water partition coefficient (Wildman–Crippen LogP) is 2.72. The number of hydrogen-bond acceptors (Lipinski definition) is 4. The summed E-state index contributed by atoms with van der Waals surface area (Å²) in [5, 5.41) is 13.4. The van der Waals surface area contributed by atoms with E-state index in [1.807, 2.05) is 52.9 Å². The van der Waals surface area contributed by atoms with Gasteiger partial charge in [0.2, 0.25) is 0 Å². The predicted molar refractivity (Wildman–Crippen MR) is 99.9 cm³/mol. The minimum Gasteiger partial charge on any atom is -0.386 e. The van der Waals surface area contributed by atoms with Crippen LogP contribution < -0.4 is 0 Å². The number of carbonyl (C=O) groups is 1. The van der Waals surface area contributed by atoms with Gasteiger partial charge in [0.1, 0.15) is 6.10 Å². The Morgan fingerprint density at radius 1 is 1.20 bits per heavy atom. The van der Waals surface area contributed by atoms with Gasteiger partial charge in [-0.1, -0.05) is 12.1 Å². The van der Waals surface area contributed by atoms with E-state index in [1.54, 1.807) is 11.3 Å². The second-order valence-electron chi connectivity index (χ2n) is 6.40. The number of β-amino-alcohol motifs (C(OH)–C–C–N with tert-alkyl or cyclic N) is 1. The molecule has 2 N–H and O–H groups in total. The molecule has 6 heteroatoms. The lowest BCUT2D eigenvalue weighted by Gasteiger charge is -2.35. The molecule has 1 saturated heterocycles. The maximum absolute atomic E-state index is 12.7. The number of amides is 1. The third-order valence-electron chi connectivity index (χ3n) is 4.76. The summed E-state index contributed by atoms with van der Waals surface area (Å²) in [6, 6.07) is 11.7. The van der Waals surface area contributed by atoms with Crippen LogP contribution in [0.15, 0.2) is 48.0 Å². The molecule has 1 atom stereocenters. The van der Waals surface area contributed by atoms with Gasteiger partial charge in [-0.25, -0.2) is 0 Å². The van der Waals surface area contributed by atoms with E-state index in [1.165, 1.54) is 0 Å². The summed E-state index contributed by atoms with van der Waals surface area (Å²) in [6.07, 6.45) is 1.44. The molecule has 5 nitrogen and oxygen atoms in total. The normalized spacial score (nSPS) is 17.1. The van der Waals surface area contributed by atoms with Gasteiger partial charge in [0.05, 0.1) is 0 Å². The lowest BCUT2D eigenvalue weighted by molar-refractivity contribution is 0.0533. The second-order valence-corrected chi connectivity index (χ2v) is 7.38. The summed E-state index contributed by atoms with van der Waals surface area (Å²) >= 11 is 1.58. The quantitative estimate of drug-likeness (QED) is 0.756. The number of carbonyl (C=O) groups excluding carboxylic acids is 1. The molecule has 1 fully saturated rings. The summed E-state index contributed by atoms with van der Waals surface area (Å²) in [7, 11) is 0. The van der Waals surface area contributed by atoms with Crippen LogP contribution in [-0.4, -0.2) is 58.5 Å². The van der Waals surface area contributed by atoms with Crippen LogP contribution in [0.2, 0.25) is 0 Å². The minimum absolute atomic E-state index is 0.0787. The first kappa shape index (κ1) is 16.3. The number of piperazine rings is 1. The highest BCUT2D eigenvalue weighted by Gasteiger charge is 2.24. The van der Waals surface area contributed by atoms with Crippen molar-refractivity contribution in [2.24, 2.45) is 0 Å². The number of fused-ring (bicyclic) bond motifs is 1. The summed E-state index contributed by atoms with van der Waals surface area (Å²) in [5.41, 5.74) is 1.71. The number of aliphatic hydroxyl groups is 1. The highest BCUT2D eigenvalue weighted by molar-refractivity contribution is 7.10. The molecular formula is C19H21N3O2S. The van der Waals surface area contributed by atoms with Gasteiger partial charge in [-0.2, -0.15) is 0 Å². The van der Waals surface area contributed by atoms with Gasteiger partial charge in [-0.05, 0) is 35.0 Å². The first-order chi connectivity index (χ1) is 12.2. The average Bonchev–Trinajstić information content (AvgIpc) is 3.32. The van der Waals surface area contributed by atoms with E-state index in [9.17, 15) is 9.90 Å². The number of aromatic amines is 1. The maximum Gasteiger partial charge on any atom is 0.254 e. The molecular weight excluding hydrogens is 334 g/mol. The molecule has 3 aromatic rings. The first-order valence-electron chi connectivity index (χ1n) is 8.51. The molecule has 0 saturated carbocycles. The van der Waals surface area contributed by atoms with Gasteiger partial charge < -0.3 is 15.0 Å². The molecule has 25 heavy (non-hydrogen) atoms. The van der Waals surface area contributed by atoms with Crippen molar-refractivity contribution in [1.29, 1.82) is 0 Å². The van der Waals surface area contributed by atoms with Crippen molar-refractivity contribution in [1.82, 2.24) is 14.8 Å². The van der Waals surface area contributed by atoms with E-state index in [2.05, 4.69) is 9.88 Å². The summed E-state index contributed by atoms with van der Waals surface area (Å²) in [6.45, 7) is 3.59. The number of aliphatic hydroxyl groups excluding tert-OH is 1. The van der Waals surface area contributed by atoms with Crippen molar-refractivity contribution in [3.63, 3.8) is 0 Å². The highest BCUT2D eigenvalue weighted by Crippen LogP contribution is 2.21. The van der Waals surface area contributed by atoms with Gasteiger partial charge in [-0.3, -0.25) is 9.69 Å². The standard InChI is InChI=1S/C19H21N3O2S/c23-17(18-2-1-11-25-18)13-21-7-9-22(10-8-21)19(24)15-4-3-14-5-6-20-16(14)12-15/h1-6,11-12,17,20,23H,7-10,13H2. The third kappa shape index (κ3) is 3.46. The average molecular weight is 355 g/mol. The smallest absolute Gasteiger partial charge is 0.254 e. The monoisotopic (exact) mass is 355 g/mol. The van der Waals surface area contributed by atoms with E-state index in [4.69, 9.17) is 0 Å². The fraction of sp³-hybridized carbons (Fsp3) is 0.316. The SMILES string of the molecule is O=C(c1ccc2cc[nH]c2c1)N1CCN(CC(O)c2cccs2)CC1. The van der Waals surface area contributed by atoms with Crippen LogP contribution in [0.3, 0.4) is 0 Å². The number of hydrogen-bond donors (Lipinski definition) is 2. The Hall–Kier alpha value is -2.15. The van der Waals surface area contributed by atoms with Crippen molar-refractivity contribution in [3.05, 3.63) is 58.4 Å². The first-order valence-corrected chi connectivity index (χ1v) is 9.39. The van der Waals surface area contributed by atoms with E-state index >= 15 is 0 Å². The molecule has 0 aliphatic carbocycles. The summed E-state index contributed by atoms with van der Waals surface area (Å²) < 4.78 is 0. The number of rotatable bonds is 4. The van der Waals surface area contributed by atoms with Gasteiger partial charge in [0, 0.05) is 54.9 Å². The van der Waals surface area contributed by atoms with Crippen LogP contribution in [0.25, 0.3) is 10.9 Å². The molecule has 1 aliphatic heterocycles. The molecule has 1 aliphatic rings. The van der Waals surface area contributed by atoms with E-state index < -0.39 is 6.10 Å². The molecule has 4 rings (SSSR count). The maximum atomic E-state index is 12.7. The fourth-order valence-corrected chi connectivity index (χ4v) is 4.02. The molecule has 0 bridgehead atoms. The number of aromatic nitrogens is 1. The number of H-pyrrole nitrogens is 1. The zero-order valence-electron chi connectivity index (χ0n) is 13.9. The molecule has 0 spiro atoms. The van der Waals surface area contributed by atoms with Crippen molar-refractivity contribution in [2.45, 2.75) is 6.10 Å². The Morgan fingerprint density at radius 3 is 2.80 bits per heavy atom. The van der Waals surface area contributed by atoms with Gasteiger partial charge >= 0.3 is 0 Å². The zero-order valence-corrected chi connectivity index (χ0v) is 14.7. The Labute approximate surface area is 150 Å². The van der Waals surface area contributed by atoms with Crippen molar-refractivity contribution < 1.29 is 9.90 Å². The molecule has 3 heterocycles. The van der Waals surface area contributed by atoms with Crippen LogP contribution in [0.5, 0.6) is 0 Å². The van der Waals surface area contributed by atoms with E-state index in [0.717, 1.165) is 34.4 Å². The Morgan fingerprint density at radius 2 is 2.04 bits per heavy atom. The van der Waals surface area contributed by atoms with Crippen molar-refractivity contribution in [2.75, 3.05) is 32.7 Å². The second kappa shape index (κ2) is 7.00. The van der Waals surface area contributed by atoms with Crippen molar-refractivity contribution >= 4 is 28.1 Å². The highest BCUT2D eigenvalue weighted by atomic mass is 32.1. The van der Waals surface area contributed by atoms with Crippen LogP contribution in [-0.2, 0) is 0 Å².